The minimum absolute atomic E-state index is 0.0890. The Bertz CT molecular complexity index is 345. The van der Waals surface area contributed by atoms with E-state index in [9.17, 15) is 26.7 Å². The summed E-state index contributed by atoms with van der Waals surface area (Å²) in [6, 6.07) is 1.22. The number of hydrogen-bond acceptors (Lipinski definition) is 2. The number of nitrogens with one attached hydrogen (secondary N) is 1. The number of thiophene rings is 1. The average molecular weight is 245 g/mol. The molecule has 0 saturated heterocycles. The molecule has 1 rings (SSSR count). The second-order valence-electron chi connectivity index (χ2n) is 2.54. The quantitative estimate of drug-likeness (QED) is 0.797. The maximum Gasteiger partial charge on any atom is 0.463 e. The summed E-state index contributed by atoms with van der Waals surface area (Å²) in [5.41, 5.74) is -0.0890. The van der Waals surface area contributed by atoms with Crippen molar-refractivity contribution in [3.63, 3.8) is 0 Å². The van der Waals surface area contributed by atoms with Gasteiger partial charge in [-0.3, -0.25) is 4.79 Å². The summed E-state index contributed by atoms with van der Waals surface area (Å²) in [4.78, 5) is 10.6. The van der Waals surface area contributed by atoms with E-state index in [4.69, 9.17) is 0 Å². The normalized spacial score (nSPS) is 12.6. The third-order valence-electron chi connectivity index (χ3n) is 1.42. The van der Waals surface area contributed by atoms with Gasteiger partial charge < -0.3 is 5.32 Å². The van der Waals surface area contributed by atoms with Crippen molar-refractivity contribution < 1.29 is 26.7 Å². The largest absolute Gasteiger partial charge is 0.463 e. The number of rotatable bonds is 2. The maximum atomic E-state index is 12.4. The molecule has 0 spiro atoms. The van der Waals surface area contributed by atoms with Gasteiger partial charge in [0.05, 0.1) is 5.69 Å². The first-order valence-corrected chi connectivity index (χ1v) is 4.47. The van der Waals surface area contributed by atoms with Crippen LogP contribution in [0.5, 0.6) is 0 Å². The smallest absolute Gasteiger partial charge is 0.320 e. The number of carbonyl (C=O) groups excluding carboxylic acids is 1. The molecule has 8 heteroatoms. The Balaban J connectivity index is 2.77. The van der Waals surface area contributed by atoms with Crippen molar-refractivity contribution >= 4 is 22.9 Å². The molecule has 1 aromatic heterocycles. The van der Waals surface area contributed by atoms with Gasteiger partial charge in [-0.25, -0.2) is 0 Å². The van der Waals surface area contributed by atoms with Crippen LogP contribution in [0.1, 0.15) is 0 Å². The van der Waals surface area contributed by atoms with Gasteiger partial charge in [-0.05, 0) is 11.4 Å². The average Bonchev–Trinajstić information content (AvgIpc) is 2.54. The summed E-state index contributed by atoms with van der Waals surface area (Å²) in [6.07, 6.45) is -5.88. The standard InChI is InChI=1S/C7H4F5NOS/c8-6(9,7(10,11)12)5(14)13-4-1-2-15-3-4/h1-3H,(H,13,14). The lowest BCUT2D eigenvalue weighted by Gasteiger charge is -2.18. The van der Waals surface area contributed by atoms with Crippen LogP contribution in [0.4, 0.5) is 27.6 Å². The Morgan fingerprint density at radius 2 is 1.87 bits per heavy atom. The first-order valence-electron chi connectivity index (χ1n) is 3.53. The van der Waals surface area contributed by atoms with Crippen molar-refractivity contribution in [1.82, 2.24) is 0 Å². The molecule has 0 aliphatic rings. The summed E-state index contributed by atoms with van der Waals surface area (Å²) in [5.74, 6) is -7.76. The monoisotopic (exact) mass is 245 g/mol. The van der Waals surface area contributed by atoms with E-state index in [1.807, 2.05) is 0 Å². The number of carbonyl (C=O) groups is 1. The number of alkyl halides is 5. The van der Waals surface area contributed by atoms with Crippen molar-refractivity contribution in [2.75, 3.05) is 5.32 Å². The molecule has 0 saturated carbocycles. The van der Waals surface area contributed by atoms with Crippen molar-refractivity contribution in [2.24, 2.45) is 0 Å². The van der Waals surface area contributed by atoms with Crippen LogP contribution in [0.3, 0.4) is 0 Å². The highest BCUT2D eigenvalue weighted by molar-refractivity contribution is 7.08. The Morgan fingerprint density at radius 3 is 2.27 bits per heavy atom. The number of amides is 1. The van der Waals surface area contributed by atoms with Crippen molar-refractivity contribution in [3.05, 3.63) is 16.8 Å². The van der Waals surface area contributed by atoms with E-state index < -0.39 is 18.0 Å². The number of hydrogen-bond donors (Lipinski definition) is 1. The SMILES string of the molecule is O=C(Nc1ccsc1)C(F)(F)C(F)(F)F. The third-order valence-corrected chi connectivity index (χ3v) is 2.10. The molecule has 0 unspecified atom stereocenters. The predicted octanol–water partition coefficient (Wildman–Crippen LogP) is 2.88. The topological polar surface area (TPSA) is 29.1 Å². The first kappa shape index (κ1) is 11.9. The summed E-state index contributed by atoms with van der Waals surface area (Å²) >= 11 is 1.06. The van der Waals surface area contributed by atoms with Gasteiger partial charge in [0.25, 0.3) is 0 Å². The van der Waals surface area contributed by atoms with Crippen molar-refractivity contribution in [1.29, 1.82) is 0 Å². The Hall–Kier alpha value is -1.18. The van der Waals surface area contributed by atoms with E-state index in [-0.39, 0.29) is 5.69 Å². The number of anilines is 1. The molecule has 0 radical (unpaired) electrons. The lowest BCUT2D eigenvalue weighted by Crippen LogP contribution is -2.47. The van der Waals surface area contributed by atoms with Crippen LogP contribution in [-0.2, 0) is 4.79 Å². The summed E-state index contributed by atoms with van der Waals surface area (Å²) in [7, 11) is 0. The Kier molecular flexibility index (Phi) is 2.98. The zero-order valence-electron chi connectivity index (χ0n) is 6.94. The van der Waals surface area contributed by atoms with Gasteiger partial charge in [0.15, 0.2) is 0 Å². The van der Waals surface area contributed by atoms with Gasteiger partial charge in [0.2, 0.25) is 0 Å². The van der Waals surface area contributed by atoms with Crippen LogP contribution in [-0.4, -0.2) is 18.0 Å². The second-order valence-corrected chi connectivity index (χ2v) is 3.32. The molecule has 0 aromatic carbocycles. The lowest BCUT2D eigenvalue weighted by atomic mass is 10.3. The lowest BCUT2D eigenvalue weighted by molar-refractivity contribution is -0.267. The molecule has 1 aromatic rings. The highest BCUT2D eigenvalue weighted by Gasteiger charge is 2.63. The zero-order chi connectivity index (χ0) is 11.7. The summed E-state index contributed by atoms with van der Waals surface area (Å²) < 4.78 is 59.9. The fourth-order valence-corrected chi connectivity index (χ4v) is 1.26. The van der Waals surface area contributed by atoms with Crippen LogP contribution >= 0.6 is 11.3 Å². The molecule has 1 amide bonds. The van der Waals surface area contributed by atoms with E-state index in [1.165, 1.54) is 22.1 Å². The van der Waals surface area contributed by atoms with Crippen LogP contribution in [0.15, 0.2) is 16.8 Å². The van der Waals surface area contributed by atoms with Crippen molar-refractivity contribution in [2.45, 2.75) is 12.1 Å². The molecule has 0 fully saturated rings. The van der Waals surface area contributed by atoms with E-state index in [1.54, 1.807) is 0 Å². The first-order chi connectivity index (χ1) is 6.75. The molecule has 1 heterocycles. The van der Waals surface area contributed by atoms with E-state index in [0.717, 1.165) is 11.3 Å². The highest BCUT2D eigenvalue weighted by atomic mass is 32.1. The van der Waals surface area contributed by atoms with Crippen LogP contribution in [0.25, 0.3) is 0 Å². The maximum absolute atomic E-state index is 12.4. The molecule has 0 aliphatic carbocycles. The van der Waals surface area contributed by atoms with Gasteiger partial charge in [0.1, 0.15) is 0 Å². The second kappa shape index (κ2) is 3.76. The van der Waals surface area contributed by atoms with E-state index in [2.05, 4.69) is 0 Å². The van der Waals surface area contributed by atoms with Crippen LogP contribution < -0.4 is 5.32 Å². The zero-order valence-corrected chi connectivity index (χ0v) is 7.75. The summed E-state index contributed by atoms with van der Waals surface area (Å²) in [6.45, 7) is 0. The molecular formula is C7H4F5NOS. The minimum atomic E-state index is -5.88. The fourth-order valence-electron chi connectivity index (χ4n) is 0.674. The van der Waals surface area contributed by atoms with E-state index >= 15 is 0 Å². The van der Waals surface area contributed by atoms with Crippen LogP contribution in [0, 0.1) is 0 Å². The van der Waals surface area contributed by atoms with Gasteiger partial charge >= 0.3 is 18.0 Å². The predicted molar refractivity (Wildman–Crippen MR) is 44.0 cm³/mol. The summed E-state index contributed by atoms with van der Waals surface area (Å²) in [5, 5.41) is 4.14. The molecular weight excluding hydrogens is 241 g/mol. The fraction of sp³-hybridized carbons (Fsp3) is 0.286. The molecule has 84 valence electrons. The van der Waals surface area contributed by atoms with Gasteiger partial charge in [-0.15, -0.1) is 0 Å². The minimum Gasteiger partial charge on any atom is -0.320 e. The Labute approximate surface area is 84.7 Å². The molecule has 0 bridgehead atoms. The van der Waals surface area contributed by atoms with E-state index in [0.29, 0.717) is 0 Å². The third kappa shape index (κ3) is 2.44. The number of halogens is 5. The van der Waals surface area contributed by atoms with Gasteiger partial charge in [-0.1, -0.05) is 0 Å². The van der Waals surface area contributed by atoms with Gasteiger partial charge in [-0.2, -0.15) is 33.3 Å². The molecule has 0 aliphatic heterocycles. The van der Waals surface area contributed by atoms with Crippen LogP contribution in [0.2, 0.25) is 0 Å². The molecule has 2 nitrogen and oxygen atoms in total. The highest BCUT2D eigenvalue weighted by Crippen LogP contribution is 2.36. The Morgan fingerprint density at radius 1 is 1.27 bits per heavy atom. The molecule has 1 N–H and O–H groups in total. The van der Waals surface area contributed by atoms with Gasteiger partial charge in [0, 0.05) is 5.38 Å². The molecule has 0 atom stereocenters. The van der Waals surface area contributed by atoms with Crippen molar-refractivity contribution in [3.8, 4) is 0 Å². The molecule has 15 heavy (non-hydrogen) atoms.